The van der Waals surface area contributed by atoms with Crippen LogP contribution in [0.4, 0.5) is 0 Å². The summed E-state index contributed by atoms with van der Waals surface area (Å²) in [5.41, 5.74) is 7.04. The third-order valence-corrected chi connectivity index (χ3v) is 5.76. The molecule has 0 aliphatic carbocycles. The number of rotatable bonds is 6. The fourth-order valence-electron chi connectivity index (χ4n) is 3.91. The van der Waals surface area contributed by atoms with E-state index in [0.717, 1.165) is 59.7 Å². The molecule has 0 radical (unpaired) electrons. The lowest BCUT2D eigenvalue weighted by atomic mass is 10.0. The summed E-state index contributed by atoms with van der Waals surface area (Å²) in [6, 6.07) is 24.5. The monoisotopic (exact) mass is 424 g/mol. The van der Waals surface area contributed by atoms with Crippen LogP contribution < -0.4 is 0 Å². The molecule has 0 spiro atoms. The quantitative estimate of drug-likeness (QED) is 0.460. The maximum absolute atomic E-state index is 9.04. The molecule has 1 fully saturated rings. The summed E-state index contributed by atoms with van der Waals surface area (Å²) in [5.74, 6) is 0. The molecule has 1 aromatic heterocycles. The van der Waals surface area contributed by atoms with Crippen LogP contribution in [0.15, 0.2) is 73.1 Å². The first-order valence-electron chi connectivity index (χ1n) is 10.7. The summed E-state index contributed by atoms with van der Waals surface area (Å²) < 4.78 is 13.3. The zero-order chi connectivity index (χ0) is 21.8. The Balaban J connectivity index is 1.31. The highest BCUT2D eigenvalue weighted by atomic mass is 16.5. The van der Waals surface area contributed by atoms with Crippen molar-refractivity contribution in [2.75, 3.05) is 33.0 Å². The van der Waals surface area contributed by atoms with Gasteiger partial charge in [-0.25, -0.2) is 4.98 Å². The van der Waals surface area contributed by atoms with Gasteiger partial charge in [-0.05, 0) is 53.1 Å². The van der Waals surface area contributed by atoms with Crippen LogP contribution in [0.1, 0.15) is 11.1 Å². The first-order chi connectivity index (χ1) is 15.8. The number of benzene rings is 3. The predicted molar refractivity (Wildman–Crippen MR) is 123 cm³/mol. The molecule has 0 atom stereocenters. The van der Waals surface area contributed by atoms with Crippen LogP contribution >= 0.6 is 0 Å². The predicted octanol–water partition coefficient (Wildman–Crippen LogP) is 4.37. The molecule has 0 bridgehead atoms. The molecule has 4 aromatic rings. The van der Waals surface area contributed by atoms with E-state index in [0.29, 0.717) is 18.9 Å². The van der Waals surface area contributed by atoms with E-state index >= 15 is 0 Å². The van der Waals surface area contributed by atoms with Gasteiger partial charge in [0.1, 0.15) is 6.33 Å². The Bertz CT molecular complexity index is 1230. The molecule has 0 N–H and O–H groups in total. The molecule has 0 amide bonds. The minimum absolute atomic E-state index is 0.599. The average Bonchev–Trinajstić information content (AvgIpc) is 3.28. The summed E-state index contributed by atoms with van der Waals surface area (Å²) in [4.78, 5) is 6.80. The van der Waals surface area contributed by atoms with E-state index in [2.05, 4.69) is 52.4 Å². The Morgan fingerprint density at radius 1 is 0.938 bits per heavy atom. The lowest BCUT2D eigenvalue weighted by Gasteiger charge is -2.26. The van der Waals surface area contributed by atoms with E-state index in [9.17, 15) is 0 Å². The number of nitriles is 1. The summed E-state index contributed by atoms with van der Waals surface area (Å²) in [6.07, 6.45) is 1.82. The van der Waals surface area contributed by atoms with Gasteiger partial charge in [0, 0.05) is 18.8 Å². The Labute approximate surface area is 187 Å². The third kappa shape index (κ3) is 4.41. The van der Waals surface area contributed by atoms with Crippen molar-refractivity contribution >= 4 is 11.0 Å². The van der Waals surface area contributed by atoms with Crippen LogP contribution in [0.2, 0.25) is 0 Å². The van der Waals surface area contributed by atoms with Gasteiger partial charge in [0.25, 0.3) is 0 Å². The molecule has 32 heavy (non-hydrogen) atoms. The normalized spacial score (nSPS) is 14.5. The molecule has 6 nitrogen and oxygen atoms in total. The summed E-state index contributed by atoms with van der Waals surface area (Å²) in [5, 5.41) is 9.04. The van der Waals surface area contributed by atoms with Gasteiger partial charge in [-0.1, -0.05) is 30.3 Å². The number of fused-ring (bicyclic) bond motifs is 1. The molecule has 0 unspecified atom stereocenters. The second kappa shape index (κ2) is 9.33. The minimum Gasteiger partial charge on any atom is -0.379 e. The van der Waals surface area contributed by atoms with Crippen molar-refractivity contribution in [3.05, 3.63) is 84.2 Å². The van der Waals surface area contributed by atoms with Crippen LogP contribution in [-0.4, -0.2) is 47.5 Å². The topological polar surface area (TPSA) is 63.3 Å². The summed E-state index contributed by atoms with van der Waals surface area (Å²) in [7, 11) is 0. The van der Waals surface area contributed by atoms with E-state index in [1.165, 1.54) is 0 Å². The first-order valence-corrected chi connectivity index (χ1v) is 10.7. The third-order valence-electron chi connectivity index (χ3n) is 5.76. The molecule has 160 valence electrons. The molecule has 2 heterocycles. The number of ether oxygens (including phenoxy) is 2. The van der Waals surface area contributed by atoms with Crippen molar-refractivity contribution in [1.82, 2.24) is 14.5 Å². The SMILES string of the molecule is N#Cc1ccc(-n2cnc3ccc(-c4ccc(COCN5CCOCC5)cc4)cc32)cc1. The van der Waals surface area contributed by atoms with Gasteiger partial charge in [-0.3, -0.25) is 9.47 Å². The largest absolute Gasteiger partial charge is 0.379 e. The number of hydrogen-bond donors (Lipinski definition) is 0. The van der Waals surface area contributed by atoms with Crippen molar-refractivity contribution < 1.29 is 9.47 Å². The molecule has 1 saturated heterocycles. The number of aromatic nitrogens is 2. The Morgan fingerprint density at radius 2 is 1.69 bits per heavy atom. The van der Waals surface area contributed by atoms with Crippen molar-refractivity contribution in [2.24, 2.45) is 0 Å². The van der Waals surface area contributed by atoms with Crippen molar-refractivity contribution in [3.8, 4) is 22.9 Å². The number of imidazole rings is 1. The highest BCUT2D eigenvalue weighted by Crippen LogP contribution is 2.26. The van der Waals surface area contributed by atoms with E-state index in [1.54, 1.807) is 0 Å². The lowest BCUT2D eigenvalue weighted by Crippen LogP contribution is -2.37. The van der Waals surface area contributed by atoms with Crippen LogP contribution in [0.3, 0.4) is 0 Å². The average molecular weight is 425 g/mol. The van der Waals surface area contributed by atoms with Crippen LogP contribution in [0, 0.1) is 11.3 Å². The fourth-order valence-corrected chi connectivity index (χ4v) is 3.91. The number of hydrogen-bond acceptors (Lipinski definition) is 5. The molecule has 0 saturated carbocycles. The lowest BCUT2D eigenvalue weighted by molar-refractivity contribution is -0.0378. The molecule has 3 aromatic carbocycles. The maximum Gasteiger partial charge on any atom is 0.100 e. The molecule has 6 heteroatoms. The minimum atomic E-state index is 0.599. The van der Waals surface area contributed by atoms with Gasteiger partial charge >= 0.3 is 0 Å². The highest BCUT2D eigenvalue weighted by molar-refractivity contribution is 5.83. The van der Waals surface area contributed by atoms with Crippen LogP contribution in [-0.2, 0) is 16.1 Å². The zero-order valence-corrected chi connectivity index (χ0v) is 17.8. The molecule has 1 aliphatic rings. The maximum atomic E-state index is 9.04. The number of nitrogens with zero attached hydrogens (tertiary/aromatic N) is 4. The molecule has 1 aliphatic heterocycles. The van der Waals surface area contributed by atoms with Crippen molar-refractivity contribution in [2.45, 2.75) is 6.61 Å². The first kappa shape index (κ1) is 20.4. The Kier molecular flexibility index (Phi) is 5.95. The molecular weight excluding hydrogens is 400 g/mol. The van der Waals surface area contributed by atoms with Gasteiger partial charge < -0.3 is 9.47 Å². The van der Waals surface area contributed by atoms with Crippen molar-refractivity contribution in [3.63, 3.8) is 0 Å². The summed E-state index contributed by atoms with van der Waals surface area (Å²) in [6.45, 7) is 4.67. The van der Waals surface area contributed by atoms with Crippen LogP contribution in [0.25, 0.3) is 27.8 Å². The standard InChI is InChI=1S/C26H24N4O2/c27-16-20-3-8-24(9-4-20)30-18-28-25-10-7-23(15-26(25)30)22-5-1-21(2-6-22)17-32-19-29-11-13-31-14-12-29/h1-10,15,18H,11-14,17,19H2. The Hall–Kier alpha value is -3.50. The van der Waals surface area contributed by atoms with E-state index in [1.807, 2.05) is 41.2 Å². The zero-order valence-electron chi connectivity index (χ0n) is 17.8. The van der Waals surface area contributed by atoms with E-state index in [-0.39, 0.29) is 0 Å². The van der Waals surface area contributed by atoms with Gasteiger partial charge in [0.05, 0.1) is 49.2 Å². The highest BCUT2D eigenvalue weighted by Gasteiger charge is 2.10. The van der Waals surface area contributed by atoms with Crippen LogP contribution in [0.5, 0.6) is 0 Å². The van der Waals surface area contributed by atoms with E-state index < -0.39 is 0 Å². The molecular formula is C26H24N4O2. The van der Waals surface area contributed by atoms with Gasteiger partial charge in [0.2, 0.25) is 0 Å². The van der Waals surface area contributed by atoms with E-state index in [4.69, 9.17) is 14.7 Å². The molecule has 5 rings (SSSR count). The second-order valence-electron chi connectivity index (χ2n) is 7.88. The van der Waals surface area contributed by atoms with Gasteiger partial charge in [-0.2, -0.15) is 5.26 Å². The van der Waals surface area contributed by atoms with Crippen molar-refractivity contribution in [1.29, 1.82) is 5.26 Å². The Morgan fingerprint density at radius 3 is 2.44 bits per heavy atom. The van der Waals surface area contributed by atoms with Gasteiger partial charge in [-0.15, -0.1) is 0 Å². The fraction of sp³-hybridized carbons (Fsp3) is 0.231. The van der Waals surface area contributed by atoms with Gasteiger partial charge in [0.15, 0.2) is 0 Å². The smallest absolute Gasteiger partial charge is 0.100 e. The number of morpholine rings is 1. The second-order valence-corrected chi connectivity index (χ2v) is 7.88. The summed E-state index contributed by atoms with van der Waals surface area (Å²) >= 11 is 0.